The highest BCUT2D eigenvalue weighted by Crippen LogP contribution is 2.24. The second-order valence-electron chi connectivity index (χ2n) is 3.80. The fourth-order valence-electron chi connectivity index (χ4n) is 1.54. The van der Waals surface area contributed by atoms with Crippen molar-refractivity contribution in [2.45, 2.75) is 12.8 Å². The minimum Gasteiger partial charge on any atom is -0.380 e. The standard InChI is InChI=1S/C13H17Cl2NO/c1-17-9-11(3-2-6-16)7-10-4-5-12(14)13(15)8-10/h4-5,7-8H,2-3,6,9,16H2,1H3/b11-7+. The van der Waals surface area contributed by atoms with Crippen LogP contribution < -0.4 is 5.73 Å². The summed E-state index contributed by atoms with van der Waals surface area (Å²) in [7, 11) is 1.69. The van der Waals surface area contributed by atoms with E-state index in [-0.39, 0.29) is 0 Å². The van der Waals surface area contributed by atoms with Crippen LogP contribution in [0.25, 0.3) is 6.08 Å². The molecule has 1 aromatic carbocycles. The first-order valence-electron chi connectivity index (χ1n) is 5.51. The summed E-state index contributed by atoms with van der Waals surface area (Å²) in [5.74, 6) is 0. The summed E-state index contributed by atoms with van der Waals surface area (Å²) in [4.78, 5) is 0. The Morgan fingerprint density at radius 1 is 1.35 bits per heavy atom. The summed E-state index contributed by atoms with van der Waals surface area (Å²) in [5.41, 5.74) is 7.74. The van der Waals surface area contributed by atoms with Crippen molar-refractivity contribution in [2.75, 3.05) is 20.3 Å². The van der Waals surface area contributed by atoms with Gasteiger partial charge in [0.05, 0.1) is 16.7 Å². The SMILES string of the molecule is COC/C(=C/c1ccc(Cl)c(Cl)c1)CCCN. The number of benzene rings is 1. The molecule has 0 aliphatic rings. The van der Waals surface area contributed by atoms with E-state index >= 15 is 0 Å². The summed E-state index contributed by atoms with van der Waals surface area (Å²) in [6, 6.07) is 5.58. The number of rotatable bonds is 6. The summed E-state index contributed by atoms with van der Waals surface area (Å²) >= 11 is 11.8. The van der Waals surface area contributed by atoms with E-state index in [4.69, 9.17) is 33.7 Å². The molecule has 1 aromatic rings. The predicted octanol–water partition coefficient (Wildman–Crippen LogP) is 3.76. The zero-order valence-corrected chi connectivity index (χ0v) is 11.4. The van der Waals surface area contributed by atoms with Crippen LogP contribution in [0.1, 0.15) is 18.4 Å². The third-order valence-electron chi connectivity index (χ3n) is 2.35. The van der Waals surface area contributed by atoms with Gasteiger partial charge in [0.15, 0.2) is 0 Å². The highest BCUT2D eigenvalue weighted by atomic mass is 35.5. The molecule has 0 bridgehead atoms. The van der Waals surface area contributed by atoms with E-state index in [9.17, 15) is 0 Å². The molecule has 0 radical (unpaired) electrons. The monoisotopic (exact) mass is 273 g/mol. The lowest BCUT2D eigenvalue weighted by Crippen LogP contribution is -2.01. The number of hydrogen-bond acceptors (Lipinski definition) is 2. The zero-order chi connectivity index (χ0) is 12.7. The predicted molar refractivity (Wildman–Crippen MR) is 74.6 cm³/mol. The maximum atomic E-state index is 5.97. The van der Waals surface area contributed by atoms with Crippen molar-refractivity contribution in [2.24, 2.45) is 5.73 Å². The van der Waals surface area contributed by atoms with Crippen molar-refractivity contribution >= 4 is 29.3 Å². The Hall–Kier alpha value is -0.540. The fourth-order valence-corrected chi connectivity index (χ4v) is 1.84. The van der Waals surface area contributed by atoms with Gasteiger partial charge in [-0.25, -0.2) is 0 Å². The van der Waals surface area contributed by atoms with Gasteiger partial charge in [0.25, 0.3) is 0 Å². The molecule has 0 atom stereocenters. The van der Waals surface area contributed by atoms with Crippen LogP contribution in [-0.4, -0.2) is 20.3 Å². The van der Waals surface area contributed by atoms with Gasteiger partial charge in [-0.2, -0.15) is 0 Å². The van der Waals surface area contributed by atoms with Crippen LogP contribution in [0, 0.1) is 0 Å². The van der Waals surface area contributed by atoms with Crippen molar-refractivity contribution in [3.8, 4) is 0 Å². The van der Waals surface area contributed by atoms with Crippen LogP contribution in [0.5, 0.6) is 0 Å². The number of nitrogens with two attached hydrogens (primary N) is 1. The molecule has 94 valence electrons. The number of halogens is 2. The van der Waals surface area contributed by atoms with Crippen molar-refractivity contribution in [3.63, 3.8) is 0 Å². The third-order valence-corrected chi connectivity index (χ3v) is 3.09. The van der Waals surface area contributed by atoms with E-state index in [0.29, 0.717) is 23.2 Å². The van der Waals surface area contributed by atoms with Crippen LogP contribution in [0.2, 0.25) is 10.0 Å². The lowest BCUT2D eigenvalue weighted by molar-refractivity contribution is 0.223. The molecule has 0 aromatic heterocycles. The second kappa shape index (κ2) is 7.72. The molecular weight excluding hydrogens is 257 g/mol. The molecule has 4 heteroatoms. The van der Waals surface area contributed by atoms with E-state index in [0.717, 1.165) is 18.4 Å². The third kappa shape index (κ3) is 5.09. The molecule has 0 fully saturated rings. The van der Waals surface area contributed by atoms with Crippen LogP contribution in [0.3, 0.4) is 0 Å². The molecule has 0 saturated carbocycles. The quantitative estimate of drug-likeness (QED) is 0.857. The zero-order valence-electron chi connectivity index (χ0n) is 9.88. The van der Waals surface area contributed by atoms with Crippen LogP contribution >= 0.6 is 23.2 Å². The molecule has 2 N–H and O–H groups in total. The molecule has 2 nitrogen and oxygen atoms in total. The molecule has 0 saturated heterocycles. The molecule has 1 rings (SSSR count). The fraction of sp³-hybridized carbons (Fsp3) is 0.385. The summed E-state index contributed by atoms with van der Waals surface area (Å²) in [5, 5.41) is 1.13. The Labute approximate surface area is 112 Å². The van der Waals surface area contributed by atoms with Crippen LogP contribution in [0.4, 0.5) is 0 Å². The van der Waals surface area contributed by atoms with Gasteiger partial charge < -0.3 is 10.5 Å². The molecule has 0 spiro atoms. The molecule has 0 unspecified atom stereocenters. The van der Waals surface area contributed by atoms with Crippen LogP contribution in [0.15, 0.2) is 23.8 Å². The Balaban J connectivity index is 2.83. The Kier molecular flexibility index (Phi) is 6.60. The molecule has 0 amide bonds. The summed E-state index contributed by atoms with van der Waals surface area (Å²) in [6.07, 6.45) is 3.96. The Bertz CT molecular complexity index is 391. The Morgan fingerprint density at radius 3 is 2.71 bits per heavy atom. The van der Waals surface area contributed by atoms with Gasteiger partial charge in [0.1, 0.15) is 0 Å². The first-order valence-corrected chi connectivity index (χ1v) is 6.26. The molecule has 0 aliphatic carbocycles. The van der Waals surface area contributed by atoms with Gasteiger partial charge in [-0.3, -0.25) is 0 Å². The average Bonchev–Trinajstić information content (AvgIpc) is 2.31. The topological polar surface area (TPSA) is 35.2 Å². The van der Waals surface area contributed by atoms with Gasteiger partial charge in [0.2, 0.25) is 0 Å². The Morgan fingerprint density at radius 2 is 2.12 bits per heavy atom. The van der Waals surface area contributed by atoms with E-state index in [2.05, 4.69) is 6.08 Å². The van der Waals surface area contributed by atoms with Crippen molar-refractivity contribution in [1.29, 1.82) is 0 Å². The van der Waals surface area contributed by atoms with Crippen LogP contribution in [-0.2, 0) is 4.74 Å². The molecular formula is C13H17Cl2NO. The molecule has 0 heterocycles. The lowest BCUT2D eigenvalue weighted by atomic mass is 10.1. The number of ether oxygens (including phenoxy) is 1. The maximum Gasteiger partial charge on any atom is 0.0676 e. The second-order valence-corrected chi connectivity index (χ2v) is 4.62. The van der Waals surface area contributed by atoms with Gasteiger partial charge in [-0.05, 0) is 42.7 Å². The average molecular weight is 274 g/mol. The highest BCUT2D eigenvalue weighted by Gasteiger charge is 2.01. The summed E-state index contributed by atoms with van der Waals surface area (Å²) in [6.45, 7) is 1.29. The molecule has 0 aliphatic heterocycles. The van der Waals surface area contributed by atoms with E-state index in [1.807, 2.05) is 12.1 Å². The van der Waals surface area contributed by atoms with Gasteiger partial charge in [-0.15, -0.1) is 0 Å². The first-order chi connectivity index (χ1) is 8.17. The van der Waals surface area contributed by atoms with Crippen molar-refractivity contribution in [3.05, 3.63) is 39.4 Å². The largest absolute Gasteiger partial charge is 0.380 e. The smallest absolute Gasteiger partial charge is 0.0676 e. The highest BCUT2D eigenvalue weighted by molar-refractivity contribution is 6.42. The normalized spacial score (nSPS) is 11.9. The van der Waals surface area contributed by atoms with Crippen molar-refractivity contribution < 1.29 is 4.74 Å². The van der Waals surface area contributed by atoms with Gasteiger partial charge in [0, 0.05) is 7.11 Å². The van der Waals surface area contributed by atoms with E-state index in [1.165, 1.54) is 5.57 Å². The van der Waals surface area contributed by atoms with E-state index in [1.54, 1.807) is 13.2 Å². The van der Waals surface area contributed by atoms with E-state index < -0.39 is 0 Å². The van der Waals surface area contributed by atoms with Gasteiger partial charge in [-0.1, -0.05) is 35.3 Å². The summed E-state index contributed by atoms with van der Waals surface area (Å²) < 4.78 is 5.16. The number of hydrogen-bond donors (Lipinski definition) is 1. The molecule has 17 heavy (non-hydrogen) atoms. The van der Waals surface area contributed by atoms with Crippen molar-refractivity contribution in [1.82, 2.24) is 0 Å². The minimum atomic E-state index is 0.566. The van der Waals surface area contributed by atoms with Gasteiger partial charge >= 0.3 is 0 Å². The first kappa shape index (κ1) is 14.5. The lowest BCUT2D eigenvalue weighted by Gasteiger charge is -2.06. The number of methoxy groups -OCH3 is 1. The minimum absolute atomic E-state index is 0.566. The maximum absolute atomic E-state index is 5.97.